The molecule has 5 nitrogen and oxygen atoms in total. The summed E-state index contributed by atoms with van der Waals surface area (Å²) in [5.74, 6) is 0.370. The quantitative estimate of drug-likeness (QED) is 0.753. The summed E-state index contributed by atoms with van der Waals surface area (Å²) >= 11 is 4.86. The molecule has 0 saturated carbocycles. The Labute approximate surface area is 108 Å². The zero-order valence-corrected chi connectivity index (χ0v) is 11.3. The number of carbonyl (C=O) groups is 1. The van der Waals surface area contributed by atoms with E-state index in [0.717, 1.165) is 13.1 Å². The van der Waals surface area contributed by atoms with Gasteiger partial charge in [-0.2, -0.15) is 0 Å². The average molecular weight is 259 g/mol. The second kappa shape index (κ2) is 6.76. The Kier molecular flexibility index (Phi) is 5.64. The van der Waals surface area contributed by atoms with Gasteiger partial charge in [-0.15, -0.1) is 0 Å². The summed E-state index contributed by atoms with van der Waals surface area (Å²) in [6.45, 7) is 8.11. The minimum Gasteiger partial charge on any atom is -0.449 e. The molecule has 0 aromatic heterocycles. The first-order valence-corrected chi connectivity index (χ1v) is 6.32. The molecule has 0 aromatic rings. The molecule has 2 N–H and O–H groups in total. The van der Waals surface area contributed by atoms with E-state index in [-0.39, 0.29) is 6.09 Å². The fraction of sp³-hybridized carbons (Fsp3) is 0.818. The average Bonchev–Trinajstić information content (AvgIpc) is 2.26. The number of hydrogen-bond acceptors (Lipinski definition) is 4. The summed E-state index contributed by atoms with van der Waals surface area (Å²) in [5.41, 5.74) is 5.48. The van der Waals surface area contributed by atoms with Crippen LogP contribution in [0.3, 0.4) is 0 Å². The van der Waals surface area contributed by atoms with E-state index in [0.29, 0.717) is 37.1 Å². The minimum absolute atomic E-state index is 0.214. The second-order valence-electron chi connectivity index (χ2n) is 4.70. The molecule has 98 valence electrons. The van der Waals surface area contributed by atoms with Crippen molar-refractivity contribution >= 4 is 23.3 Å². The molecule has 0 aromatic carbocycles. The van der Waals surface area contributed by atoms with Crippen LogP contribution in [0.2, 0.25) is 0 Å². The molecule has 6 heteroatoms. The van der Waals surface area contributed by atoms with Crippen LogP contribution in [0.15, 0.2) is 0 Å². The molecule has 0 radical (unpaired) electrons. The van der Waals surface area contributed by atoms with Crippen LogP contribution >= 0.6 is 12.2 Å². The second-order valence-corrected chi connectivity index (χ2v) is 5.22. The van der Waals surface area contributed by atoms with Crippen molar-refractivity contribution in [1.82, 2.24) is 9.80 Å². The van der Waals surface area contributed by atoms with Gasteiger partial charge in [0.25, 0.3) is 0 Å². The molecule has 1 saturated heterocycles. The number of thiocarbonyl (C=S) groups is 1. The molecule has 1 aliphatic rings. The Balaban J connectivity index is 2.26. The Morgan fingerprint density at radius 3 is 2.41 bits per heavy atom. The van der Waals surface area contributed by atoms with Crippen molar-refractivity contribution in [2.75, 3.05) is 39.3 Å². The zero-order valence-electron chi connectivity index (χ0n) is 10.5. The van der Waals surface area contributed by atoms with Gasteiger partial charge >= 0.3 is 6.09 Å². The lowest BCUT2D eigenvalue weighted by Crippen LogP contribution is -2.50. The number of rotatable bonds is 4. The van der Waals surface area contributed by atoms with E-state index in [1.807, 2.05) is 13.8 Å². The molecule has 17 heavy (non-hydrogen) atoms. The maximum Gasteiger partial charge on any atom is 0.409 e. The van der Waals surface area contributed by atoms with Gasteiger partial charge in [0.1, 0.15) is 0 Å². The van der Waals surface area contributed by atoms with Crippen LogP contribution in [-0.2, 0) is 4.74 Å². The van der Waals surface area contributed by atoms with Gasteiger partial charge in [0, 0.05) is 32.7 Å². The number of carbonyl (C=O) groups excluding carboxylic acids is 1. The molecule has 1 fully saturated rings. The fourth-order valence-corrected chi connectivity index (χ4v) is 1.82. The summed E-state index contributed by atoms with van der Waals surface area (Å²) in [6.07, 6.45) is -0.214. The van der Waals surface area contributed by atoms with E-state index in [1.165, 1.54) is 0 Å². The third kappa shape index (κ3) is 5.32. The van der Waals surface area contributed by atoms with Crippen molar-refractivity contribution in [1.29, 1.82) is 0 Å². The smallest absolute Gasteiger partial charge is 0.409 e. The molecular formula is C11H21N3O2S. The van der Waals surface area contributed by atoms with Crippen molar-refractivity contribution in [2.45, 2.75) is 13.8 Å². The van der Waals surface area contributed by atoms with Crippen molar-refractivity contribution in [3.63, 3.8) is 0 Å². The number of amides is 1. The Morgan fingerprint density at radius 1 is 1.35 bits per heavy atom. The third-order valence-electron chi connectivity index (χ3n) is 2.55. The summed E-state index contributed by atoms with van der Waals surface area (Å²) in [7, 11) is 0. The van der Waals surface area contributed by atoms with Crippen LogP contribution in [0.5, 0.6) is 0 Å². The highest BCUT2D eigenvalue weighted by atomic mass is 32.1. The zero-order chi connectivity index (χ0) is 12.8. The van der Waals surface area contributed by atoms with Gasteiger partial charge in [-0.3, -0.25) is 4.90 Å². The first-order chi connectivity index (χ1) is 7.99. The third-order valence-corrected chi connectivity index (χ3v) is 2.68. The van der Waals surface area contributed by atoms with Crippen molar-refractivity contribution in [3.8, 4) is 0 Å². The van der Waals surface area contributed by atoms with Crippen molar-refractivity contribution in [2.24, 2.45) is 11.7 Å². The van der Waals surface area contributed by atoms with Gasteiger partial charge in [-0.05, 0) is 5.92 Å². The molecule has 0 aliphatic carbocycles. The number of nitrogens with zero attached hydrogens (tertiary/aromatic N) is 2. The van der Waals surface area contributed by atoms with Gasteiger partial charge < -0.3 is 15.4 Å². The molecular weight excluding hydrogens is 238 g/mol. The van der Waals surface area contributed by atoms with Crippen LogP contribution < -0.4 is 5.73 Å². The van der Waals surface area contributed by atoms with Gasteiger partial charge in [0.2, 0.25) is 0 Å². The summed E-state index contributed by atoms with van der Waals surface area (Å²) in [5, 5.41) is 0. The molecule has 1 rings (SSSR count). The maximum absolute atomic E-state index is 11.7. The lowest BCUT2D eigenvalue weighted by molar-refractivity contribution is 0.0722. The van der Waals surface area contributed by atoms with Crippen LogP contribution in [-0.4, -0.2) is 60.2 Å². The number of nitrogens with two attached hydrogens (primary N) is 1. The van der Waals surface area contributed by atoms with Crippen LogP contribution in [0.1, 0.15) is 13.8 Å². The number of piperazine rings is 1. The van der Waals surface area contributed by atoms with Crippen LogP contribution in [0.25, 0.3) is 0 Å². The van der Waals surface area contributed by atoms with Crippen molar-refractivity contribution < 1.29 is 9.53 Å². The van der Waals surface area contributed by atoms with E-state index >= 15 is 0 Å². The highest BCUT2D eigenvalue weighted by molar-refractivity contribution is 7.80. The maximum atomic E-state index is 11.7. The molecule has 0 spiro atoms. The normalized spacial score (nSPS) is 17.2. The largest absolute Gasteiger partial charge is 0.449 e. The minimum atomic E-state index is -0.214. The van der Waals surface area contributed by atoms with Gasteiger partial charge in [0.15, 0.2) is 0 Å². The summed E-state index contributed by atoms with van der Waals surface area (Å²) < 4.78 is 5.18. The monoisotopic (exact) mass is 259 g/mol. The predicted molar refractivity (Wildman–Crippen MR) is 71.0 cm³/mol. The molecule has 0 bridgehead atoms. The predicted octanol–water partition coefficient (Wildman–Crippen LogP) is 0.683. The van der Waals surface area contributed by atoms with Crippen molar-refractivity contribution in [3.05, 3.63) is 0 Å². The van der Waals surface area contributed by atoms with Gasteiger partial charge in [-0.1, -0.05) is 26.1 Å². The standard InChI is InChI=1S/C11H21N3O2S/c1-9(2)8-16-11(15)14-5-3-13(4-6-14)7-10(12)17/h9H,3-8H2,1-2H3,(H2,12,17). The molecule has 0 atom stereocenters. The van der Waals surface area contributed by atoms with E-state index in [2.05, 4.69) is 4.90 Å². The van der Waals surface area contributed by atoms with Gasteiger partial charge in [0.05, 0.1) is 11.6 Å². The summed E-state index contributed by atoms with van der Waals surface area (Å²) in [6, 6.07) is 0. The van der Waals surface area contributed by atoms with E-state index in [4.69, 9.17) is 22.7 Å². The lowest BCUT2D eigenvalue weighted by atomic mass is 10.2. The highest BCUT2D eigenvalue weighted by Gasteiger charge is 2.22. The fourth-order valence-electron chi connectivity index (χ4n) is 1.64. The Hall–Kier alpha value is -0.880. The SMILES string of the molecule is CC(C)COC(=O)N1CCN(CC(N)=S)CC1. The number of hydrogen-bond donors (Lipinski definition) is 1. The molecule has 1 aliphatic heterocycles. The first-order valence-electron chi connectivity index (χ1n) is 5.91. The lowest BCUT2D eigenvalue weighted by Gasteiger charge is -2.33. The molecule has 0 unspecified atom stereocenters. The summed E-state index contributed by atoms with van der Waals surface area (Å²) in [4.78, 5) is 16.0. The van der Waals surface area contributed by atoms with Crippen LogP contribution in [0, 0.1) is 5.92 Å². The topological polar surface area (TPSA) is 58.8 Å². The van der Waals surface area contributed by atoms with E-state index < -0.39 is 0 Å². The highest BCUT2D eigenvalue weighted by Crippen LogP contribution is 2.04. The molecule has 1 heterocycles. The van der Waals surface area contributed by atoms with E-state index in [9.17, 15) is 4.79 Å². The molecule has 1 amide bonds. The number of ether oxygens (including phenoxy) is 1. The van der Waals surface area contributed by atoms with Gasteiger partial charge in [-0.25, -0.2) is 4.79 Å². The first kappa shape index (κ1) is 14.2. The Bertz CT molecular complexity index is 276. The van der Waals surface area contributed by atoms with Crippen LogP contribution in [0.4, 0.5) is 4.79 Å². The Morgan fingerprint density at radius 2 is 1.94 bits per heavy atom. The van der Waals surface area contributed by atoms with E-state index in [1.54, 1.807) is 4.90 Å².